The molecule has 0 spiro atoms. The molecule has 8 heteroatoms. The molecule has 3 N–H and O–H groups in total. The van der Waals surface area contributed by atoms with Crippen molar-refractivity contribution in [3.63, 3.8) is 0 Å². The summed E-state index contributed by atoms with van der Waals surface area (Å²) in [5.74, 6) is 0.140. The number of carbonyl (C=O) groups excluding carboxylic acids is 1. The van der Waals surface area contributed by atoms with Gasteiger partial charge in [-0.25, -0.2) is 8.42 Å². The Balaban J connectivity index is 2.04. The highest BCUT2D eigenvalue weighted by Gasteiger charge is 2.29. The largest absolute Gasteiger partial charge is 0.495 e. The zero-order valence-electron chi connectivity index (χ0n) is 14.0. The third-order valence-electron chi connectivity index (χ3n) is 4.34. The molecule has 1 aromatic carbocycles. The Morgan fingerprint density at radius 3 is 2.76 bits per heavy atom. The number of amides is 1. The number of hydrogen-bond donors (Lipinski definition) is 2. The van der Waals surface area contributed by atoms with Crippen LogP contribution in [0.4, 0.5) is 5.00 Å². The van der Waals surface area contributed by atoms with E-state index in [0.29, 0.717) is 11.5 Å². The standard InChI is InChI=1S/C17H20N2O4S2/c1-10-7-8-11-13(9-10)24-17(15(11)16(18)20)19-25(21,22)14-6-4-3-5-12(14)23-2/h3-6,10,19H,7-9H2,1-2H3,(H2,18,20)/t10-/m1/s1. The third-order valence-corrected chi connectivity index (χ3v) is 7.03. The Bertz CT molecular complexity index is 919. The smallest absolute Gasteiger partial charge is 0.266 e. The van der Waals surface area contributed by atoms with Gasteiger partial charge in [-0.15, -0.1) is 11.3 Å². The van der Waals surface area contributed by atoms with Gasteiger partial charge >= 0.3 is 0 Å². The van der Waals surface area contributed by atoms with E-state index in [2.05, 4.69) is 11.6 Å². The first kappa shape index (κ1) is 17.8. The number of methoxy groups -OCH3 is 1. The summed E-state index contributed by atoms with van der Waals surface area (Å²) in [6.45, 7) is 2.14. The minimum Gasteiger partial charge on any atom is -0.495 e. The van der Waals surface area contributed by atoms with Crippen molar-refractivity contribution in [3.8, 4) is 5.75 Å². The number of para-hydroxylation sites is 1. The quantitative estimate of drug-likeness (QED) is 0.833. The highest BCUT2D eigenvalue weighted by molar-refractivity contribution is 7.93. The number of rotatable bonds is 5. The van der Waals surface area contributed by atoms with Gasteiger partial charge in [-0.05, 0) is 42.9 Å². The van der Waals surface area contributed by atoms with Crippen LogP contribution in [0.5, 0.6) is 5.75 Å². The van der Waals surface area contributed by atoms with Crippen LogP contribution in [0.3, 0.4) is 0 Å². The minimum absolute atomic E-state index is 0.0210. The van der Waals surface area contributed by atoms with Crippen molar-refractivity contribution >= 4 is 32.3 Å². The molecule has 1 amide bonds. The van der Waals surface area contributed by atoms with E-state index in [1.165, 1.54) is 24.5 Å². The molecule has 0 fully saturated rings. The van der Waals surface area contributed by atoms with Gasteiger partial charge in [-0.3, -0.25) is 9.52 Å². The van der Waals surface area contributed by atoms with Gasteiger partial charge in [0.15, 0.2) is 0 Å². The monoisotopic (exact) mass is 380 g/mol. The average Bonchev–Trinajstić information content (AvgIpc) is 2.90. The second-order valence-corrected chi connectivity index (χ2v) is 8.93. The molecule has 6 nitrogen and oxygen atoms in total. The highest BCUT2D eigenvalue weighted by Crippen LogP contribution is 2.40. The molecule has 2 aromatic rings. The van der Waals surface area contributed by atoms with Gasteiger partial charge in [-0.1, -0.05) is 19.1 Å². The Morgan fingerprint density at radius 2 is 2.08 bits per heavy atom. The molecule has 1 aliphatic carbocycles. The predicted octanol–water partition coefficient (Wildman–Crippen LogP) is 2.78. The first-order valence-electron chi connectivity index (χ1n) is 7.93. The number of hydrogen-bond acceptors (Lipinski definition) is 5. The molecule has 134 valence electrons. The summed E-state index contributed by atoms with van der Waals surface area (Å²) in [5.41, 5.74) is 6.72. The van der Waals surface area contributed by atoms with Crippen LogP contribution in [0.25, 0.3) is 0 Å². The highest BCUT2D eigenvalue weighted by atomic mass is 32.2. The molecule has 0 unspecified atom stereocenters. The molecule has 25 heavy (non-hydrogen) atoms. The van der Waals surface area contributed by atoms with Gasteiger partial charge < -0.3 is 10.5 Å². The Hall–Kier alpha value is -2.06. The number of carbonyl (C=O) groups is 1. The van der Waals surface area contributed by atoms with Crippen molar-refractivity contribution in [1.29, 1.82) is 0 Å². The number of nitrogens with two attached hydrogens (primary N) is 1. The summed E-state index contributed by atoms with van der Waals surface area (Å²) in [6.07, 6.45) is 2.53. The lowest BCUT2D eigenvalue weighted by Gasteiger charge is -2.18. The van der Waals surface area contributed by atoms with Gasteiger partial charge in [0.25, 0.3) is 15.9 Å². The number of anilines is 1. The number of sulfonamides is 1. The molecule has 1 heterocycles. The molecule has 0 saturated carbocycles. The Kier molecular flexibility index (Phi) is 4.75. The third kappa shape index (κ3) is 3.36. The molecule has 0 saturated heterocycles. The van der Waals surface area contributed by atoms with Crippen molar-refractivity contribution in [2.75, 3.05) is 11.8 Å². The fraction of sp³-hybridized carbons (Fsp3) is 0.353. The van der Waals surface area contributed by atoms with Crippen LogP contribution in [0.1, 0.15) is 34.1 Å². The van der Waals surface area contributed by atoms with Gasteiger partial charge in [0.05, 0.1) is 12.7 Å². The topological polar surface area (TPSA) is 98.5 Å². The minimum atomic E-state index is -3.90. The van der Waals surface area contributed by atoms with Crippen LogP contribution in [-0.2, 0) is 22.9 Å². The van der Waals surface area contributed by atoms with Crippen molar-refractivity contribution in [3.05, 3.63) is 40.3 Å². The molecule has 0 aliphatic heterocycles. The lowest BCUT2D eigenvalue weighted by atomic mass is 9.88. The number of nitrogens with one attached hydrogen (secondary N) is 1. The van der Waals surface area contributed by atoms with Crippen molar-refractivity contribution in [2.45, 2.75) is 31.1 Å². The summed E-state index contributed by atoms with van der Waals surface area (Å²) in [5, 5.41) is 0.289. The zero-order valence-corrected chi connectivity index (χ0v) is 15.7. The molecular formula is C17H20N2O4S2. The van der Waals surface area contributed by atoms with Crippen molar-refractivity contribution < 1.29 is 17.9 Å². The zero-order chi connectivity index (χ0) is 18.2. The van der Waals surface area contributed by atoms with E-state index in [4.69, 9.17) is 10.5 Å². The van der Waals surface area contributed by atoms with Crippen molar-refractivity contribution in [2.24, 2.45) is 11.7 Å². The number of thiophene rings is 1. The molecule has 0 bridgehead atoms. The maximum absolute atomic E-state index is 12.8. The van der Waals surface area contributed by atoms with E-state index < -0.39 is 15.9 Å². The van der Waals surface area contributed by atoms with Crippen LogP contribution in [0.15, 0.2) is 29.2 Å². The number of benzene rings is 1. The Morgan fingerprint density at radius 1 is 1.36 bits per heavy atom. The lowest BCUT2D eigenvalue weighted by molar-refractivity contribution is 0.100. The van der Waals surface area contributed by atoms with Crippen LogP contribution in [-0.4, -0.2) is 21.4 Å². The molecule has 1 atom stereocenters. The number of ether oxygens (including phenoxy) is 1. The molecule has 1 aliphatic rings. The first-order valence-corrected chi connectivity index (χ1v) is 10.2. The fourth-order valence-electron chi connectivity index (χ4n) is 3.10. The van der Waals surface area contributed by atoms with Gasteiger partial charge in [0, 0.05) is 4.88 Å². The van der Waals surface area contributed by atoms with E-state index >= 15 is 0 Å². The second-order valence-electron chi connectivity index (χ2n) is 6.18. The molecule has 3 rings (SSSR count). The van der Waals surface area contributed by atoms with Crippen LogP contribution in [0.2, 0.25) is 0 Å². The second kappa shape index (κ2) is 6.68. The molecule has 0 radical (unpaired) electrons. The lowest BCUT2D eigenvalue weighted by Crippen LogP contribution is -2.19. The summed E-state index contributed by atoms with van der Waals surface area (Å²) in [6, 6.07) is 6.34. The van der Waals surface area contributed by atoms with E-state index in [0.717, 1.165) is 29.7 Å². The van der Waals surface area contributed by atoms with E-state index in [9.17, 15) is 13.2 Å². The predicted molar refractivity (Wildman–Crippen MR) is 97.8 cm³/mol. The molecular weight excluding hydrogens is 360 g/mol. The number of fused-ring (bicyclic) bond motifs is 1. The normalized spacial score (nSPS) is 17.0. The number of primary amides is 1. The molecule has 1 aromatic heterocycles. The van der Waals surface area contributed by atoms with Crippen molar-refractivity contribution in [1.82, 2.24) is 0 Å². The fourth-order valence-corrected chi connectivity index (χ4v) is 5.99. The average molecular weight is 380 g/mol. The van der Waals surface area contributed by atoms with E-state index in [1.54, 1.807) is 18.2 Å². The summed E-state index contributed by atoms with van der Waals surface area (Å²) in [4.78, 5) is 13.0. The van der Waals surface area contributed by atoms with Gasteiger partial charge in [0.2, 0.25) is 0 Å². The summed E-state index contributed by atoms with van der Waals surface area (Å²) in [7, 11) is -2.49. The van der Waals surface area contributed by atoms with Crippen LogP contribution < -0.4 is 15.2 Å². The SMILES string of the molecule is COc1ccccc1S(=O)(=O)Nc1sc2c(c1C(N)=O)CC[C@@H](C)C2. The van der Waals surface area contributed by atoms with Gasteiger partial charge in [-0.2, -0.15) is 0 Å². The summed E-state index contributed by atoms with van der Waals surface area (Å²) >= 11 is 1.30. The van der Waals surface area contributed by atoms with Crippen LogP contribution in [0, 0.1) is 5.92 Å². The maximum atomic E-state index is 12.8. The van der Waals surface area contributed by atoms with Crippen LogP contribution >= 0.6 is 11.3 Å². The maximum Gasteiger partial charge on any atom is 0.266 e. The Labute approximate surface area is 151 Å². The summed E-state index contributed by atoms with van der Waals surface area (Å²) < 4.78 is 33.3. The first-order chi connectivity index (χ1) is 11.8. The van der Waals surface area contributed by atoms with E-state index in [1.807, 2.05) is 0 Å². The van der Waals surface area contributed by atoms with E-state index in [-0.39, 0.29) is 15.6 Å². The van der Waals surface area contributed by atoms with Gasteiger partial charge in [0.1, 0.15) is 15.6 Å².